The quantitative estimate of drug-likeness (QED) is 0.332. The van der Waals surface area contributed by atoms with E-state index in [1.165, 1.54) is 28.7 Å². The van der Waals surface area contributed by atoms with E-state index >= 15 is 0 Å². The molecule has 0 fully saturated rings. The maximum atomic E-state index is 12.1. The predicted molar refractivity (Wildman–Crippen MR) is 117 cm³/mol. The van der Waals surface area contributed by atoms with Crippen LogP contribution in [0.15, 0.2) is 52.9 Å². The second-order valence-corrected chi connectivity index (χ2v) is 9.44. The van der Waals surface area contributed by atoms with Gasteiger partial charge in [-0.1, -0.05) is 82.7 Å². The van der Waals surface area contributed by atoms with Crippen LogP contribution in [0.3, 0.4) is 0 Å². The van der Waals surface area contributed by atoms with Gasteiger partial charge in [0.1, 0.15) is 0 Å². The highest BCUT2D eigenvalue weighted by Crippen LogP contribution is 2.28. The number of hydrogen-bond acceptors (Lipinski definition) is 6. The van der Waals surface area contributed by atoms with Crippen molar-refractivity contribution in [2.24, 2.45) is 0 Å². The summed E-state index contributed by atoms with van der Waals surface area (Å²) in [5.74, 6) is 1.73. The molecule has 0 atom stereocenters. The molecule has 0 spiro atoms. The van der Waals surface area contributed by atoms with E-state index in [1.807, 2.05) is 30.3 Å². The Morgan fingerprint density at radius 3 is 2.59 bits per heavy atom. The number of thioether (sulfide) groups is 2. The molecule has 0 aliphatic carbocycles. The third kappa shape index (κ3) is 6.69. The average Bonchev–Trinajstić information content (AvgIpc) is 3.11. The van der Waals surface area contributed by atoms with Crippen molar-refractivity contribution in [3.05, 3.63) is 69.7 Å². The van der Waals surface area contributed by atoms with Gasteiger partial charge in [0.25, 0.3) is 0 Å². The Morgan fingerprint density at radius 2 is 1.81 bits per heavy atom. The highest BCUT2D eigenvalue weighted by atomic mass is 35.5. The number of anilines is 1. The first kappa shape index (κ1) is 20.5. The fourth-order valence-corrected chi connectivity index (χ4v) is 4.90. The van der Waals surface area contributed by atoms with Crippen LogP contribution >= 0.6 is 58.1 Å². The SMILES string of the molecule is O=C(CSCc1ccc(Cl)c(Cl)c1)Nc1nnc(SCc2ccccc2)s1. The molecule has 0 aliphatic heterocycles. The van der Waals surface area contributed by atoms with Crippen molar-refractivity contribution >= 4 is 69.1 Å². The Bertz CT molecular complexity index is 906. The van der Waals surface area contributed by atoms with Crippen LogP contribution in [0, 0.1) is 0 Å². The van der Waals surface area contributed by atoms with E-state index in [0.717, 1.165) is 15.7 Å². The Labute approximate surface area is 180 Å². The smallest absolute Gasteiger partial charge is 0.236 e. The number of rotatable bonds is 8. The Hall–Kier alpha value is -1.25. The van der Waals surface area contributed by atoms with E-state index in [4.69, 9.17) is 23.2 Å². The summed E-state index contributed by atoms with van der Waals surface area (Å²) in [6.45, 7) is 0. The van der Waals surface area contributed by atoms with Gasteiger partial charge in [-0.2, -0.15) is 0 Å². The van der Waals surface area contributed by atoms with Crippen molar-refractivity contribution in [3.63, 3.8) is 0 Å². The number of carbonyl (C=O) groups is 1. The number of amides is 1. The lowest BCUT2D eigenvalue weighted by Gasteiger charge is -2.03. The summed E-state index contributed by atoms with van der Waals surface area (Å²) in [5, 5.41) is 12.5. The third-order valence-corrected chi connectivity index (χ3v) is 7.13. The van der Waals surface area contributed by atoms with Crippen molar-refractivity contribution in [1.82, 2.24) is 10.2 Å². The van der Waals surface area contributed by atoms with E-state index in [-0.39, 0.29) is 5.91 Å². The molecule has 3 aromatic rings. The van der Waals surface area contributed by atoms with Crippen molar-refractivity contribution in [1.29, 1.82) is 0 Å². The molecule has 0 saturated heterocycles. The molecule has 3 rings (SSSR count). The van der Waals surface area contributed by atoms with Crippen LogP contribution in [0.1, 0.15) is 11.1 Å². The second-order valence-electron chi connectivity index (χ2n) is 5.44. The number of carbonyl (C=O) groups excluding carboxylic acids is 1. The molecule has 9 heteroatoms. The molecule has 1 N–H and O–H groups in total. The van der Waals surface area contributed by atoms with Gasteiger partial charge in [-0.3, -0.25) is 10.1 Å². The van der Waals surface area contributed by atoms with Crippen LogP contribution in [0.25, 0.3) is 0 Å². The minimum atomic E-state index is -0.101. The Kier molecular flexibility index (Phi) is 7.84. The summed E-state index contributed by atoms with van der Waals surface area (Å²) < 4.78 is 0.831. The van der Waals surface area contributed by atoms with Gasteiger partial charge in [-0.05, 0) is 23.3 Å². The minimum Gasteiger partial charge on any atom is -0.300 e. The van der Waals surface area contributed by atoms with Gasteiger partial charge < -0.3 is 0 Å². The maximum Gasteiger partial charge on any atom is 0.236 e. The second kappa shape index (κ2) is 10.3. The number of hydrogen-bond donors (Lipinski definition) is 1. The van der Waals surface area contributed by atoms with Crippen molar-refractivity contribution in [2.75, 3.05) is 11.1 Å². The van der Waals surface area contributed by atoms with Gasteiger partial charge in [0.05, 0.1) is 15.8 Å². The van der Waals surface area contributed by atoms with Crippen LogP contribution in [0.5, 0.6) is 0 Å². The molecule has 27 heavy (non-hydrogen) atoms. The molecule has 0 bridgehead atoms. The van der Waals surface area contributed by atoms with E-state index in [0.29, 0.717) is 26.7 Å². The number of aromatic nitrogens is 2. The first-order valence-electron chi connectivity index (χ1n) is 7.92. The summed E-state index contributed by atoms with van der Waals surface area (Å²) in [4.78, 5) is 12.1. The molecular formula is C18H15Cl2N3OS3. The topological polar surface area (TPSA) is 54.9 Å². The molecule has 0 radical (unpaired) electrons. The summed E-state index contributed by atoms with van der Waals surface area (Å²) >= 11 is 16.4. The highest BCUT2D eigenvalue weighted by Gasteiger charge is 2.09. The molecule has 2 aromatic carbocycles. The Morgan fingerprint density at radius 1 is 1.00 bits per heavy atom. The van der Waals surface area contributed by atoms with Crippen LogP contribution < -0.4 is 5.32 Å². The largest absolute Gasteiger partial charge is 0.300 e. The summed E-state index contributed by atoms with van der Waals surface area (Å²) in [6, 6.07) is 15.6. The van der Waals surface area contributed by atoms with E-state index in [1.54, 1.807) is 17.8 Å². The lowest BCUT2D eigenvalue weighted by Crippen LogP contribution is -2.13. The van der Waals surface area contributed by atoms with Gasteiger partial charge in [-0.15, -0.1) is 22.0 Å². The molecule has 1 heterocycles. The van der Waals surface area contributed by atoms with Crippen molar-refractivity contribution in [2.45, 2.75) is 15.8 Å². The molecular weight excluding hydrogens is 441 g/mol. The fourth-order valence-electron chi connectivity index (χ4n) is 2.08. The monoisotopic (exact) mass is 455 g/mol. The fraction of sp³-hybridized carbons (Fsp3) is 0.167. The Balaban J connectivity index is 1.41. The van der Waals surface area contributed by atoms with Gasteiger partial charge in [0.2, 0.25) is 11.0 Å². The van der Waals surface area contributed by atoms with E-state index in [2.05, 4.69) is 27.6 Å². The van der Waals surface area contributed by atoms with Gasteiger partial charge >= 0.3 is 0 Å². The molecule has 140 valence electrons. The summed E-state index contributed by atoms with van der Waals surface area (Å²) in [5.41, 5.74) is 2.25. The van der Waals surface area contributed by atoms with Crippen LogP contribution in [0.2, 0.25) is 10.0 Å². The lowest BCUT2D eigenvalue weighted by atomic mass is 10.2. The normalized spacial score (nSPS) is 10.7. The van der Waals surface area contributed by atoms with Gasteiger partial charge in [-0.25, -0.2) is 0 Å². The highest BCUT2D eigenvalue weighted by molar-refractivity contribution is 8.00. The van der Waals surface area contributed by atoms with Crippen molar-refractivity contribution < 1.29 is 4.79 Å². The third-order valence-electron chi connectivity index (χ3n) is 3.34. The molecule has 1 aromatic heterocycles. The van der Waals surface area contributed by atoms with E-state index in [9.17, 15) is 4.79 Å². The van der Waals surface area contributed by atoms with Gasteiger partial charge in [0.15, 0.2) is 4.34 Å². The summed E-state index contributed by atoms with van der Waals surface area (Å²) in [7, 11) is 0. The molecule has 0 saturated carbocycles. The maximum absolute atomic E-state index is 12.1. The van der Waals surface area contributed by atoms with Crippen LogP contribution in [0.4, 0.5) is 5.13 Å². The molecule has 1 amide bonds. The molecule has 4 nitrogen and oxygen atoms in total. The zero-order chi connectivity index (χ0) is 19.1. The average molecular weight is 456 g/mol. The first-order chi connectivity index (χ1) is 13.1. The molecule has 0 aliphatic rings. The van der Waals surface area contributed by atoms with Gasteiger partial charge in [0, 0.05) is 11.5 Å². The zero-order valence-electron chi connectivity index (χ0n) is 14.0. The standard InChI is InChI=1S/C18H15Cl2N3OS3/c19-14-7-6-13(8-15(14)20)9-25-11-16(24)21-17-22-23-18(27-17)26-10-12-4-2-1-3-5-12/h1-8H,9-11H2,(H,21,22,24). The predicted octanol–water partition coefficient (Wildman–Crippen LogP) is 6.01. The van der Waals surface area contributed by atoms with Crippen LogP contribution in [-0.4, -0.2) is 21.9 Å². The minimum absolute atomic E-state index is 0.101. The molecule has 0 unspecified atom stereocenters. The van der Waals surface area contributed by atoms with Crippen LogP contribution in [-0.2, 0) is 16.3 Å². The zero-order valence-corrected chi connectivity index (χ0v) is 18.0. The number of nitrogens with one attached hydrogen (secondary N) is 1. The number of nitrogens with zero attached hydrogens (tertiary/aromatic N) is 2. The summed E-state index contributed by atoms with van der Waals surface area (Å²) in [6.07, 6.45) is 0. The number of benzene rings is 2. The lowest BCUT2D eigenvalue weighted by molar-refractivity contribution is -0.113. The van der Waals surface area contributed by atoms with Crippen molar-refractivity contribution in [3.8, 4) is 0 Å². The number of halogens is 2. The van der Waals surface area contributed by atoms with E-state index < -0.39 is 0 Å². The first-order valence-corrected chi connectivity index (χ1v) is 11.6.